The highest BCUT2D eigenvalue weighted by Crippen LogP contribution is 2.27. The van der Waals surface area contributed by atoms with Gasteiger partial charge in [0.25, 0.3) is 0 Å². The van der Waals surface area contributed by atoms with Crippen molar-refractivity contribution in [2.24, 2.45) is 11.7 Å². The summed E-state index contributed by atoms with van der Waals surface area (Å²) in [5.41, 5.74) is 5.88. The molecule has 1 saturated carbocycles. The van der Waals surface area contributed by atoms with Crippen LogP contribution in [0.2, 0.25) is 0 Å². The summed E-state index contributed by atoms with van der Waals surface area (Å²) in [5, 5.41) is 0. The molecular weight excluding hydrogens is 274 g/mol. The molecular formula is C16H22F2N2O. The molecule has 0 spiro atoms. The predicted molar refractivity (Wildman–Crippen MR) is 77.6 cm³/mol. The Balaban J connectivity index is 2.06. The van der Waals surface area contributed by atoms with Crippen molar-refractivity contribution in [1.29, 1.82) is 0 Å². The van der Waals surface area contributed by atoms with Gasteiger partial charge in [-0.3, -0.25) is 4.79 Å². The Hall–Kier alpha value is -1.49. The maximum Gasteiger partial charge on any atom is 0.227 e. The Morgan fingerprint density at radius 2 is 2.05 bits per heavy atom. The molecule has 2 atom stereocenters. The number of nitrogens with zero attached hydrogens (tertiary/aromatic N) is 1. The smallest absolute Gasteiger partial charge is 0.227 e. The van der Waals surface area contributed by atoms with Crippen molar-refractivity contribution < 1.29 is 13.6 Å². The van der Waals surface area contributed by atoms with E-state index >= 15 is 0 Å². The average Bonchev–Trinajstić information content (AvgIpc) is 2.51. The highest BCUT2D eigenvalue weighted by molar-refractivity contribution is 5.79. The number of rotatable bonds is 4. The van der Waals surface area contributed by atoms with Crippen molar-refractivity contribution in [3.8, 4) is 0 Å². The van der Waals surface area contributed by atoms with Crippen LogP contribution in [0, 0.1) is 17.6 Å². The molecule has 1 aromatic rings. The largest absolute Gasteiger partial charge is 0.342 e. The van der Waals surface area contributed by atoms with Gasteiger partial charge in [0.15, 0.2) is 11.6 Å². The lowest BCUT2D eigenvalue weighted by Gasteiger charge is -2.37. The Morgan fingerprint density at radius 1 is 1.33 bits per heavy atom. The third kappa shape index (κ3) is 3.59. The first kappa shape index (κ1) is 15.9. The standard InChI is InChI=1S/C16H22F2N2O/c1-20(14-8-3-2-5-12(14)10-19)15(21)9-11-6-4-7-13(17)16(11)18/h4,6-7,12,14H,2-3,5,8-10,19H2,1H3. The van der Waals surface area contributed by atoms with E-state index < -0.39 is 11.6 Å². The molecule has 2 N–H and O–H groups in total. The number of benzene rings is 1. The predicted octanol–water partition coefficient (Wildman–Crippen LogP) is 2.48. The number of halogens is 2. The van der Waals surface area contributed by atoms with Crippen molar-refractivity contribution >= 4 is 5.91 Å². The molecule has 0 heterocycles. The fraction of sp³-hybridized carbons (Fsp3) is 0.562. The van der Waals surface area contributed by atoms with Gasteiger partial charge in [0.05, 0.1) is 6.42 Å². The first-order chi connectivity index (χ1) is 10.0. The van der Waals surface area contributed by atoms with E-state index in [-0.39, 0.29) is 23.9 Å². The van der Waals surface area contributed by atoms with E-state index in [2.05, 4.69) is 0 Å². The summed E-state index contributed by atoms with van der Waals surface area (Å²) in [4.78, 5) is 14.0. The van der Waals surface area contributed by atoms with Crippen molar-refractivity contribution in [3.05, 3.63) is 35.4 Å². The molecule has 2 rings (SSSR count). The summed E-state index contributed by atoms with van der Waals surface area (Å²) in [7, 11) is 1.73. The van der Waals surface area contributed by atoms with Gasteiger partial charge in [0, 0.05) is 18.7 Å². The van der Waals surface area contributed by atoms with Crippen LogP contribution in [0.3, 0.4) is 0 Å². The van der Waals surface area contributed by atoms with E-state index in [1.165, 1.54) is 12.1 Å². The SMILES string of the molecule is CN(C(=O)Cc1cccc(F)c1F)C1CCCCC1CN. The van der Waals surface area contributed by atoms with Crippen molar-refractivity contribution in [2.45, 2.75) is 38.1 Å². The number of carbonyl (C=O) groups is 1. The quantitative estimate of drug-likeness (QED) is 0.928. The molecule has 0 aromatic heterocycles. The van der Waals surface area contributed by atoms with Gasteiger partial charge in [0.1, 0.15) is 0 Å². The molecule has 1 aliphatic carbocycles. The van der Waals surface area contributed by atoms with Crippen LogP contribution >= 0.6 is 0 Å². The number of likely N-dealkylation sites (N-methyl/N-ethyl adjacent to an activating group) is 1. The molecule has 1 aliphatic rings. The van der Waals surface area contributed by atoms with Crippen LogP contribution in [0.4, 0.5) is 8.78 Å². The first-order valence-corrected chi connectivity index (χ1v) is 7.43. The maximum absolute atomic E-state index is 13.6. The summed E-state index contributed by atoms with van der Waals surface area (Å²) >= 11 is 0. The monoisotopic (exact) mass is 296 g/mol. The minimum atomic E-state index is -0.932. The topological polar surface area (TPSA) is 46.3 Å². The number of amides is 1. The Bertz CT molecular complexity index is 507. The molecule has 116 valence electrons. The molecule has 0 radical (unpaired) electrons. The van der Waals surface area contributed by atoms with Crippen molar-refractivity contribution in [2.75, 3.05) is 13.6 Å². The lowest BCUT2D eigenvalue weighted by molar-refractivity contribution is -0.132. The van der Waals surface area contributed by atoms with Crippen LogP contribution in [0.25, 0.3) is 0 Å². The fourth-order valence-electron chi connectivity index (χ4n) is 3.13. The summed E-state index contributed by atoms with van der Waals surface area (Å²) in [6.45, 7) is 0.552. The molecule has 0 bridgehead atoms. The van der Waals surface area contributed by atoms with E-state index in [0.717, 1.165) is 31.7 Å². The van der Waals surface area contributed by atoms with E-state index in [1.807, 2.05) is 0 Å². The third-order valence-electron chi connectivity index (χ3n) is 4.44. The van der Waals surface area contributed by atoms with Crippen LogP contribution < -0.4 is 5.73 Å². The van der Waals surface area contributed by atoms with E-state index in [4.69, 9.17) is 5.73 Å². The molecule has 3 nitrogen and oxygen atoms in total. The average molecular weight is 296 g/mol. The van der Waals surface area contributed by atoms with Gasteiger partial charge in [-0.25, -0.2) is 8.78 Å². The second-order valence-corrected chi connectivity index (χ2v) is 5.74. The second-order valence-electron chi connectivity index (χ2n) is 5.74. The molecule has 2 unspecified atom stereocenters. The molecule has 1 amide bonds. The Kier molecular flexibility index (Phi) is 5.28. The van der Waals surface area contributed by atoms with Gasteiger partial charge in [0.2, 0.25) is 5.91 Å². The zero-order chi connectivity index (χ0) is 15.4. The van der Waals surface area contributed by atoms with Crippen molar-refractivity contribution in [3.63, 3.8) is 0 Å². The third-order valence-corrected chi connectivity index (χ3v) is 4.44. The number of hydrogen-bond donors (Lipinski definition) is 1. The van der Waals surface area contributed by atoms with Crippen LogP contribution in [0.15, 0.2) is 18.2 Å². The minimum Gasteiger partial charge on any atom is -0.342 e. The summed E-state index contributed by atoms with van der Waals surface area (Å²) in [6, 6.07) is 4.03. The number of nitrogens with two attached hydrogens (primary N) is 1. The van der Waals surface area contributed by atoms with Gasteiger partial charge >= 0.3 is 0 Å². The molecule has 1 fully saturated rings. The molecule has 21 heavy (non-hydrogen) atoms. The van der Waals surface area contributed by atoms with Crippen LogP contribution in [0.1, 0.15) is 31.2 Å². The van der Waals surface area contributed by atoms with Crippen LogP contribution in [0.5, 0.6) is 0 Å². The van der Waals surface area contributed by atoms with Gasteiger partial charge in [-0.1, -0.05) is 25.0 Å². The second kappa shape index (κ2) is 6.98. The van der Waals surface area contributed by atoms with Crippen LogP contribution in [-0.2, 0) is 11.2 Å². The molecule has 1 aromatic carbocycles. The lowest BCUT2D eigenvalue weighted by Crippen LogP contribution is -2.46. The van der Waals surface area contributed by atoms with Gasteiger partial charge in [-0.05, 0) is 31.4 Å². The Morgan fingerprint density at radius 3 is 2.76 bits per heavy atom. The van der Waals surface area contributed by atoms with Crippen molar-refractivity contribution in [1.82, 2.24) is 4.90 Å². The molecule has 0 saturated heterocycles. The highest BCUT2D eigenvalue weighted by Gasteiger charge is 2.30. The van der Waals surface area contributed by atoms with Gasteiger partial charge in [-0.2, -0.15) is 0 Å². The minimum absolute atomic E-state index is 0.104. The maximum atomic E-state index is 13.6. The highest BCUT2D eigenvalue weighted by atomic mass is 19.2. The normalized spacial score (nSPS) is 22.1. The van der Waals surface area contributed by atoms with E-state index in [1.54, 1.807) is 11.9 Å². The van der Waals surface area contributed by atoms with E-state index in [0.29, 0.717) is 12.5 Å². The fourth-order valence-corrected chi connectivity index (χ4v) is 3.13. The summed E-state index contributed by atoms with van der Waals surface area (Å²) in [6.07, 6.45) is 4.04. The summed E-state index contributed by atoms with van der Waals surface area (Å²) in [5.74, 6) is -1.74. The van der Waals surface area contributed by atoms with Gasteiger partial charge in [-0.15, -0.1) is 0 Å². The Labute approximate surface area is 124 Å². The number of carbonyl (C=O) groups excluding carboxylic acids is 1. The van der Waals surface area contributed by atoms with Gasteiger partial charge < -0.3 is 10.6 Å². The van der Waals surface area contributed by atoms with Crippen LogP contribution in [-0.4, -0.2) is 30.4 Å². The first-order valence-electron chi connectivity index (χ1n) is 7.43. The molecule has 5 heteroatoms. The lowest BCUT2D eigenvalue weighted by atomic mass is 9.83. The number of hydrogen-bond acceptors (Lipinski definition) is 2. The zero-order valence-corrected chi connectivity index (χ0v) is 12.3. The molecule has 0 aliphatic heterocycles. The zero-order valence-electron chi connectivity index (χ0n) is 12.3. The van der Waals surface area contributed by atoms with E-state index in [9.17, 15) is 13.6 Å². The summed E-state index contributed by atoms with van der Waals surface area (Å²) < 4.78 is 26.8.